The normalized spacial score (nSPS) is 16.0. The average molecular weight is 699 g/mol. The first-order valence-corrected chi connectivity index (χ1v) is 17.0. The van der Waals surface area contributed by atoms with Gasteiger partial charge in [-0.3, -0.25) is 18.7 Å². The Kier molecular flexibility index (Phi) is 8.12. The number of hydrogen-bond acceptors (Lipinski definition) is 12. The molecule has 14 nitrogen and oxygen atoms in total. The van der Waals surface area contributed by atoms with Gasteiger partial charge in [0.25, 0.3) is 25.5 Å². The fraction of sp³-hybridized carbons (Fsp3) is 0.231. The Bertz CT molecular complexity index is 2200. The van der Waals surface area contributed by atoms with E-state index in [1.54, 1.807) is 5.38 Å². The molecule has 4 aromatic rings. The number of fused-ring (bicyclic) bond motifs is 3. The van der Waals surface area contributed by atoms with Crippen LogP contribution in [-0.2, 0) is 32.8 Å². The number of thiazole rings is 2. The van der Waals surface area contributed by atoms with E-state index in [0.717, 1.165) is 26.7 Å². The molecule has 2 aliphatic rings. The first-order chi connectivity index (χ1) is 21.4. The number of benzene rings is 1. The second-order valence-electron chi connectivity index (χ2n) is 9.61. The molecule has 236 valence electrons. The largest absolute Gasteiger partial charge is 0.480 e. The second kappa shape index (κ2) is 11.9. The Labute approximate surface area is 263 Å². The highest BCUT2D eigenvalue weighted by Crippen LogP contribution is 2.48. The summed E-state index contributed by atoms with van der Waals surface area (Å²) >= 11 is 3.38. The number of carbonyl (C=O) groups is 2. The minimum Gasteiger partial charge on any atom is -0.480 e. The molecule has 0 saturated heterocycles. The van der Waals surface area contributed by atoms with Crippen LogP contribution in [0.2, 0.25) is 0 Å². The molecule has 3 aromatic heterocycles. The molecule has 0 radical (unpaired) electrons. The molecule has 45 heavy (non-hydrogen) atoms. The van der Waals surface area contributed by atoms with Crippen molar-refractivity contribution in [3.05, 3.63) is 59.8 Å². The van der Waals surface area contributed by atoms with E-state index < -0.39 is 45.7 Å². The SMILES string of the molecule is O=C(O)Cn1c(=Cc2sc3ccsc3[n+]2CC(=O)O)s/c(=C/C(F)=C2Oc3cc4c(cc3N2CCCS(=O)(=O)O)OCO4)c1=O. The summed E-state index contributed by atoms with van der Waals surface area (Å²) in [6.45, 7) is -1.24. The van der Waals surface area contributed by atoms with Crippen LogP contribution >= 0.6 is 34.0 Å². The molecular formula is C26H21FN3O11S4+. The third-order valence-corrected chi connectivity index (χ3v) is 10.6. The van der Waals surface area contributed by atoms with E-state index in [2.05, 4.69) is 0 Å². The summed E-state index contributed by atoms with van der Waals surface area (Å²) < 4.78 is 67.6. The maximum atomic E-state index is 16.0. The Morgan fingerprint density at radius 1 is 1.11 bits per heavy atom. The number of carboxylic acid groups (broad SMARTS) is 2. The Morgan fingerprint density at radius 3 is 2.58 bits per heavy atom. The van der Waals surface area contributed by atoms with Gasteiger partial charge in [-0.15, -0.1) is 11.3 Å². The minimum atomic E-state index is -4.30. The van der Waals surface area contributed by atoms with Crippen molar-refractivity contribution < 1.29 is 55.9 Å². The van der Waals surface area contributed by atoms with Gasteiger partial charge < -0.3 is 29.3 Å². The smallest absolute Gasteiger partial charge is 0.370 e. The molecule has 2 aliphatic heterocycles. The number of anilines is 1. The van der Waals surface area contributed by atoms with Crippen LogP contribution in [0, 0.1) is 0 Å². The van der Waals surface area contributed by atoms with E-state index in [9.17, 15) is 37.6 Å². The number of nitrogens with zero attached hydrogens (tertiary/aromatic N) is 3. The topological polar surface area (TPSA) is 186 Å². The fourth-order valence-corrected chi connectivity index (χ4v) is 8.51. The van der Waals surface area contributed by atoms with Gasteiger partial charge in [0.2, 0.25) is 19.2 Å². The minimum absolute atomic E-state index is 0.0356. The molecule has 0 spiro atoms. The maximum absolute atomic E-state index is 16.0. The Balaban J connectivity index is 1.46. The zero-order valence-corrected chi connectivity index (χ0v) is 25.9. The Hall–Kier alpha value is -4.30. The summed E-state index contributed by atoms with van der Waals surface area (Å²) in [4.78, 5) is 38.6. The number of aromatic nitrogens is 2. The van der Waals surface area contributed by atoms with Crippen LogP contribution < -0.4 is 38.4 Å². The lowest BCUT2D eigenvalue weighted by Gasteiger charge is -2.18. The molecule has 0 bridgehead atoms. The second-order valence-corrected chi connectivity index (χ2v) is 14.2. The van der Waals surface area contributed by atoms with Gasteiger partial charge in [0.1, 0.15) is 15.9 Å². The van der Waals surface area contributed by atoms with Gasteiger partial charge in [0, 0.05) is 24.8 Å². The summed E-state index contributed by atoms with van der Waals surface area (Å²) in [7, 11) is -4.30. The van der Waals surface area contributed by atoms with Crippen LogP contribution in [0.5, 0.6) is 17.2 Å². The molecule has 0 unspecified atom stereocenters. The van der Waals surface area contributed by atoms with Crippen molar-refractivity contribution in [3.8, 4) is 17.2 Å². The maximum Gasteiger partial charge on any atom is 0.370 e. The summed E-state index contributed by atoms with van der Waals surface area (Å²) in [5.41, 5.74) is -0.473. The van der Waals surface area contributed by atoms with Crippen molar-refractivity contribution in [2.24, 2.45) is 0 Å². The van der Waals surface area contributed by atoms with Crippen molar-refractivity contribution in [3.63, 3.8) is 0 Å². The van der Waals surface area contributed by atoms with E-state index in [1.165, 1.54) is 50.3 Å². The van der Waals surface area contributed by atoms with Gasteiger partial charge in [0.05, 0.1) is 22.0 Å². The number of carboxylic acids is 2. The summed E-state index contributed by atoms with van der Waals surface area (Å²) in [5, 5.41) is 21.2. The monoisotopic (exact) mass is 698 g/mol. The number of halogens is 1. The van der Waals surface area contributed by atoms with Crippen LogP contribution in [0.3, 0.4) is 0 Å². The molecule has 19 heteroatoms. The predicted molar refractivity (Wildman–Crippen MR) is 161 cm³/mol. The van der Waals surface area contributed by atoms with E-state index in [1.807, 2.05) is 6.07 Å². The van der Waals surface area contributed by atoms with Gasteiger partial charge in [-0.2, -0.15) is 13.0 Å². The van der Waals surface area contributed by atoms with E-state index >= 15 is 4.39 Å². The lowest BCUT2D eigenvalue weighted by atomic mass is 10.2. The zero-order chi connectivity index (χ0) is 32.0. The predicted octanol–water partition coefficient (Wildman–Crippen LogP) is 1.30. The van der Waals surface area contributed by atoms with Crippen molar-refractivity contribution in [1.29, 1.82) is 0 Å². The van der Waals surface area contributed by atoms with Crippen LogP contribution in [0.25, 0.3) is 21.7 Å². The molecule has 5 heterocycles. The van der Waals surface area contributed by atoms with Crippen LogP contribution in [0.1, 0.15) is 11.4 Å². The number of rotatable bonds is 10. The van der Waals surface area contributed by atoms with Crippen molar-refractivity contribution in [2.75, 3.05) is 24.0 Å². The van der Waals surface area contributed by atoms with Crippen LogP contribution in [-0.4, -0.2) is 58.8 Å². The lowest BCUT2D eigenvalue weighted by molar-refractivity contribution is -0.655. The van der Waals surface area contributed by atoms with Crippen molar-refractivity contribution in [2.45, 2.75) is 19.5 Å². The molecule has 0 aliphatic carbocycles. The third kappa shape index (κ3) is 6.29. The zero-order valence-electron chi connectivity index (χ0n) is 22.7. The number of allylic oxidation sites excluding steroid dienone is 1. The van der Waals surface area contributed by atoms with Gasteiger partial charge in [0.15, 0.2) is 23.1 Å². The van der Waals surface area contributed by atoms with Crippen LogP contribution in [0.15, 0.2) is 40.1 Å². The van der Waals surface area contributed by atoms with Gasteiger partial charge in [-0.25, -0.2) is 9.18 Å². The summed E-state index contributed by atoms with van der Waals surface area (Å²) in [5.74, 6) is -3.54. The quantitative estimate of drug-likeness (QED) is 0.160. The molecular weight excluding hydrogens is 678 g/mol. The van der Waals surface area contributed by atoms with E-state index in [0.29, 0.717) is 27.0 Å². The van der Waals surface area contributed by atoms with E-state index in [-0.39, 0.29) is 47.1 Å². The Morgan fingerprint density at radius 2 is 1.87 bits per heavy atom. The highest BCUT2D eigenvalue weighted by molar-refractivity contribution is 7.85. The summed E-state index contributed by atoms with van der Waals surface area (Å²) in [6, 6.07) is 4.82. The highest BCUT2D eigenvalue weighted by atomic mass is 32.2. The lowest BCUT2D eigenvalue weighted by Crippen LogP contribution is -2.39. The summed E-state index contributed by atoms with van der Waals surface area (Å²) in [6.07, 6.45) is 2.27. The number of hydrogen-bond donors (Lipinski definition) is 3. The number of aliphatic carboxylic acids is 2. The van der Waals surface area contributed by atoms with Gasteiger partial charge in [-0.1, -0.05) is 22.7 Å². The standard InChI is InChI=1S/C26H20FN3O11S4/c27-13(25-28(3-1-5-45(36,37)38)14-7-16-17(40-12-39-16)8-15(14)41-25)6-19-24(35)29(10-22(31)32)20(44-19)9-21-30(11-23(33)34)26-18(43-21)2-4-42-26/h2,4,6-9H,1,3,5,10-12H2,(H2-,31,32,33,34,36,37,38)/p+1/b19-6+,25-13?. The molecule has 3 N–H and O–H groups in total. The highest BCUT2D eigenvalue weighted by Gasteiger charge is 2.33. The number of ether oxygens (including phenoxy) is 3. The fourth-order valence-electron chi connectivity index (χ4n) is 4.71. The van der Waals surface area contributed by atoms with Gasteiger partial charge >= 0.3 is 11.9 Å². The molecule has 1 aromatic carbocycles. The van der Waals surface area contributed by atoms with Crippen molar-refractivity contribution >= 4 is 83.4 Å². The first kappa shape index (κ1) is 30.7. The van der Waals surface area contributed by atoms with Crippen LogP contribution in [0.4, 0.5) is 10.1 Å². The molecule has 0 saturated carbocycles. The van der Waals surface area contributed by atoms with Crippen molar-refractivity contribution in [1.82, 2.24) is 4.57 Å². The number of thiophene rings is 1. The first-order valence-electron chi connectivity index (χ1n) is 12.9. The van der Waals surface area contributed by atoms with E-state index in [4.69, 9.17) is 14.2 Å². The molecule has 0 atom stereocenters. The average Bonchev–Trinajstić information content (AvgIpc) is 3.76. The molecule has 0 amide bonds. The molecule has 6 rings (SSSR count). The van der Waals surface area contributed by atoms with Gasteiger partial charge in [-0.05, 0) is 17.9 Å². The molecule has 0 fully saturated rings. The third-order valence-electron chi connectivity index (χ3n) is 6.55.